The molecule has 6 heteroatoms. The van der Waals surface area contributed by atoms with Crippen molar-refractivity contribution < 1.29 is 9.59 Å². The Kier molecular flexibility index (Phi) is 7.30. The van der Waals surface area contributed by atoms with Crippen LogP contribution < -0.4 is 16.0 Å². The first-order valence-electron chi connectivity index (χ1n) is 7.45. The second kappa shape index (κ2) is 8.47. The summed E-state index contributed by atoms with van der Waals surface area (Å²) in [7, 11) is 0. The van der Waals surface area contributed by atoms with Crippen LogP contribution in [-0.2, 0) is 9.59 Å². The van der Waals surface area contributed by atoms with Crippen molar-refractivity contribution in [1.29, 1.82) is 0 Å². The fourth-order valence-corrected chi connectivity index (χ4v) is 2.65. The lowest BCUT2D eigenvalue weighted by Crippen LogP contribution is -2.52. The van der Waals surface area contributed by atoms with Crippen LogP contribution in [0.1, 0.15) is 39.0 Å². The molecule has 0 unspecified atom stereocenters. The zero-order valence-corrected chi connectivity index (χ0v) is 12.9. The third kappa shape index (κ3) is 4.94. The van der Waals surface area contributed by atoms with Crippen molar-refractivity contribution in [3.05, 3.63) is 0 Å². The van der Waals surface area contributed by atoms with Gasteiger partial charge < -0.3 is 16.0 Å². The van der Waals surface area contributed by atoms with Gasteiger partial charge >= 0.3 is 0 Å². The first kappa shape index (κ1) is 17.2. The smallest absolute Gasteiger partial charge is 0.242 e. The van der Waals surface area contributed by atoms with Gasteiger partial charge in [-0.25, -0.2) is 0 Å². The molecule has 5 nitrogen and oxygen atoms in total. The van der Waals surface area contributed by atoms with E-state index in [-0.39, 0.29) is 30.1 Å². The molecule has 2 amide bonds. The first-order valence-corrected chi connectivity index (χ1v) is 7.45. The quantitative estimate of drug-likeness (QED) is 0.704. The van der Waals surface area contributed by atoms with Gasteiger partial charge in [-0.1, -0.05) is 19.3 Å². The highest BCUT2D eigenvalue weighted by atomic mass is 35.5. The highest BCUT2D eigenvalue weighted by Gasteiger charge is 2.25. The maximum absolute atomic E-state index is 12.0. The molecule has 0 bridgehead atoms. The molecule has 20 heavy (non-hydrogen) atoms. The lowest BCUT2D eigenvalue weighted by Gasteiger charge is -2.28. The number of carbonyl (C=O) groups excluding carboxylic acids is 2. The number of carbonyl (C=O) groups is 2. The predicted octanol–water partition coefficient (Wildman–Crippen LogP) is 0.829. The SMILES string of the molecule is C[C@H](NC(=O)C1CCCCC1)C(=O)NCC1CNC1.Cl. The van der Waals surface area contributed by atoms with Crippen LogP contribution in [0.25, 0.3) is 0 Å². The standard InChI is InChI=1S/C14H25N3O2.ClH/c1-10(13(18)16-9-11-7-15-8-11)17-14(19)12-5-3-2-4-6-12;/h10-12,15H,2-9H2,1H3,(H,16,18)(H,17,19);1H/t10-;/m0./s1. The van der Waals surface area contributed by atoms with E-state index in [1.807, 2.05) is 0 Å². The average Bonchev–Trinajstić information content (AvgIpc) is 2.37. The molecule has 1 aliphatic heterocycles. The van der Waals surface area contributed by atoms with Crippen molar-refractivity contribution >= 4 is 24.2 Å². The van der Waals surface area contributed by atoms with Crippen LogP contribution in [0.2, 0.25) is 0 Å². The third-order valence-electron chi connectivity index (χ3n) is 4.16. The second-order valence-corrected chi connectivity index (χ2v) is 5.83. The lowest BCUT2D eigenvalue weighted by atomic mass is 9.88. The molecule has 1 saturated carbocycles. The molecule has 1 atom stereocenters. The van der Waals surface area contributed by atoms with Gasteiger partial charge in [-0.15, -0.1) is 12.4 Å². The summed E-state index contributed by atoms with van der Waals surface area (Å²) in [5, 5.41) is 8.91. The molecule has 2 fully saturated rings. The topological polar surface area (TPSA) is 70.2 Å². The number of rotatable bonds is 5. The van der Waals surface area contributed by atoms with E-state index in [4.69, 9.17) is 0 Å². The van der Waals surface area contributed by atoms with Gasteiger partial charge in [0.25, 0.3) is 0 Å². The Morgan fingerprint density at radius 2 is 1.85 bits per heavy atom. The number of hydrogen-bond acceptors (Lipinski definition) is 3. The van der Waals surface area contributed by atoms with Crippen molar-refractivity contribution in [2.75, 3.05) is 19.6 Å². The molecule has 0 aromatic rings. The van der Waals surface area contributed by atoms with Crippen molar-refractivity contribution in [1.82, 2.24) is 16.0 Å². The van der Waals surface area contributed by atoms with E-state index in [9.17, 15) is 9.59 Å². The highest BCUT2D eigenvalue weighted by Crippen LogP contribution is 2.23. The molecular formula is C14H26ClN3O2. The molecule has 1 saturated heterocycles. The zero-order chi connectivity index (χ0) is 13.7. The summed E-state index contributed by atoms with van der Waals surface area (Å²) in [4.78, 5) is 23.9. The van der Waals surface area contributed by atoms with Gasteiger partial charge in [-0.2, -0.15) is 0 Å². The zero-order valence-electron chi connectivity index (χ0n) is 12.1. The second-order valence-electron chi connectivity index (χ2n) is 5.83. The van der Waals surface area contributed by atoms with Crippen molar-refractivity contribution in [3.63, 3.8) is 0 Å². The molecule has 116 valence electrons. The molecule has 0 aromatic heterocycles. The summed E-state index contributed by atoms with van der Waals surface area (Å²) in [6, 6.07) is -0.428. The summed E-state index contributed by atoms with van der Waals surface area (Å²) in [5.74, 6) is 0.633. The Morgan fingerprint density at radius 3 is 2.40 bits per heavy atom. The third-order valence-corrected chi connectivity index (χ3v) is 4.16. The van der Waals surface area contributed by atoms with Gasteiger partial charge in [0, 0.05) is 31.5 Å². The van der Waals surface area contributed by atoms with E-state index in [2.05, 4.69) is 16.0 Å². The van der Waals surface area contributed by atoms with Crippen LogP contribution >= 0.6 is 12.4 Å². The largest absolute Gasteiger partial charge is 0.354 e. The van der Waals surface area contributed by atoms with Gasteiger partial charge in [0.15, 0.2) is 0 Å². The minimum absolute atomic E-state index is 0. The number of halogens is 1. The fraction of sp³-hybridized carbons (Fsp3) is 0.857. The minimum atomic E-state index is -0.428. The summed E-state index contributed by atoms with van der Waals surface area (Å²) < 4.78 is 0. The normalized spacial score (nSPS) is 21.2. The number of hydrogen-bond donors (Lipinski definition) is 3. The minimum Gasteiger partial charge on any atom is -0.354 e. The van der Waals surface area contributed by atoms with Crippen LogP contribution in [0.15, 0.2) is 0 Å². The summed E-state index contributed by atoms with van der Waals surface area (Å²) in [6.07, 6.45) is 5.43. The van der Waals surface area contributed by atoms with E-state index in [0.29, 0.717) is 12.5 Å². The van der Waals surface area contributed by atoms with Gasteiger partial charge in [0.2, 0.25) is 11.8 Å². The lowest BCUT2D eigenvalue weighted by molar-refractivity contribution is -0.131. The Hall–Kier alpha value is -0.810. The molecule has 1 aliphatic carbocycles. The van der Waals surface area contributed by atoms with Crippen LogP contribution in [-0.4, -0.2) is 37.5 Å². The predicted molar refractivity (Wildman–Crippen MR) is 80.8 cm³/mol. The van der Waals surface area contributed by atoms with E-state index in [0.717, 1.165) is 38.8 Å². The van der Waals surface area contributed by atoms with Crippen LogP contribution in [0.4, 0.5) is 0 Å². The molecule has 0 spiro atoms. The summed E-state index contributed by atoms with van der Waals surface area (Å²) in [6.45, 7) is 4.41. The van der Waals surface area contributed by atoms with Crippen molar-refractivity contribution in [3.8, 4) is 0 Å². The van der Waals surface area contributed by atoms with Crippen molar-refractivity contribution in [2.24, 2.45) is 11.8 Å². The van der Waals surface area contributed by atoms with Crippen LogP contribution in [0.3, 0.4) is 0 Å². The Morgan fingerprint density at radius 1 is 1.20 bits per heavy atom. The summed E-state index contributed by atoms with van der Waals surface area (Å²) in [5.41, 5.74) is 0. The van der Waals surface area contributed by atoms with E-state index >= 15 is 0 Å². The highest BCUT2D eigenvalue weighted by molar-refractivity contribution is 5.88. The molecule has 2 aliphatic rings. The molecule has 0 aromatic carbocycles. The van der Waals surface area contributed by atoms with Gasteiger partial charge in [-0.05, 0) is 19.8 Å². The van der Waals surface area contributed by atoms with Gasteiger partial charge in [0.05, 0.1) is 0 Å². The fourth-order valence-electron chi connectivity index (χ4n) is 2.65. The Bertz CT molecular complexity index is 328. The monoisotopic (exact) mass is 303 g/mol. The van der Waals surface area contributed by atoms with E-state index in [1.165, 1.54) is 6.42 Å². The molecular weight excluding hydrogens is 278 g/mol. The van der Waals surface area contributed by atoms with Crippen LogP contribution in [0.5, 0.6) is 0 Å². The van der Waals surface area contributed by atoms with Gasteiger partial charge in [-0.3, -0.25) is 9.59 Å². The molecule has 0 radical (unpaired) electrons. The molecule has 3 N–H and O–H groups in total. The maximum atomic E-state index is 12.0. The van der Waals surface area contributed by atoms with Gasteiger partial charge in [0.1, 0.15) is 6.04 Å². The number of amides is 2. The van der Waals surface area contributed by atoms with E-state index in [1.54, 1.807) is 6.92 Å². The summed E-state index contributed by atoms with van der Waals surface area (Å²) >= 11 is 0. The Balaban J connectivity index is 0.00000200. The maximum Gasteiger partial charge on any atom is 0.242 e. The average molecular weight is 304 g/mol. The first-order chi connectivity index (χ1) is 9.16. The molecule has 1 heterocycles. The number of nitrogens with one attached hydrogen (secondary N) is 3. The van der Waals surface area contributed by atoms with Crippen molar-refractivity contribution in [2.45, 2.75) is 45.1 Å². The van der Waals surface area contributed by atoms with Crippen LogP contribution in [0, 0.1) is 11.8 Å². The van der Waals surface area contributed by atoms with E-state index < -0.39 is 6.04 Å². The Labute approximate surface area is 127 Å². The molecule has 2 rings (SSSR count).